The smallest absolute Gasteiger partial charge is 0.125 e. The number of nitrogens with zero attached hydrogens (tertiary/aromatic N) is 1. The molecule has 17 heavy (non-hydrogen) atoms. The average molecular weight is 230 g/mol. The van der Waals surface area contributed by atoms with Gasteiger partial charge in [-0.15, -0.1) is 0 Å². The molecule has 1 N–H and O–H groups in total. The van der Waals surface area contributed by atoms with Crippen LogP contribution in [0.1, 0.15) is 24.1 Å². The van der Waals surface area contributed by atoms with Gasteiger partial charge in [-0.1, -0.05) is 12.1 Å². The van der Waals surface area contributed by atoms with Gasteiger partial charge < -0.3 is 5.32 Å². The van der Waals surface area contributed by atoms with Crippen molar-refractivity contribution >= 4 is 5.69 Å². The van der Waals surface area contributed by atoms with Crippen LogP contribution in [-0.2, 0) is 0 Å². The van der Waals surface area contributed by atoms with E-state index in [-0.39, 0.29) is 11.9 Å². The summed E-state index contributed by atoms with van der Waals surface area (Å²) < 4.78 is 13.1. The average Bonchev–Trinajstić information content (AvgIpc) is 2.35. The summed E-state index contributed by atoms with van der Waals surface area (Å²) in [5, 5.41) is 3.29. The summed E-state index contributed by atoms with van der Waals surface area (Å²) in [6.45, 7) is 3.99. The maximum absolute atomic E-state index is 13.1. The van der Waals surface area contributed by atoms with Crippen molar-refractivity contribution in [3.63, 3.8) is 0 Å². The number of nitrogens with one attached hydrogen (secondary N) is 1. The molecule has 0 saturated carbocycles. The maximum atomic E-state index is 13.1. The molecule has 0 aliphatic heterocycles. The molecule has 0 fully saturated rings. The summed E-state index contributed by atoms with van der Waals surface area (Å²) in [7, 11) is 0. The number of anilines is 1. The second kappa shape index (κ2) is 4.95. The Morgan fingerprint density at radius 1 is 1.29 bits per heavy atom. The summed E-state index contributed by atoms with van der Waals surface area (Å²) in [5.41, 5.74) is 2.93. The van der Waals surface area contributed by atoms with Crippen molar-refractivity contribution in [2.45, 2.75) is 19.9 Å². The summed E-state index contributed by atoms with van der Waals surface area (Å²) in [6, 6.07) is 8.75. The first-order valence-corrected chi connectivity index (χ1v) is 5.59. The Morgan fingerprint density at radius 2 is 2.12 bits per heavy atom. The first kappa shape index (κ1) is 11.6. The zero-order valence-electron chi connectivity index (χ0n) is 9.94. The van der Waals surface area contributed by atoms with Crippen molar-refractivity contribution < 1.29 is 4.39 Å². The van der Waals surface area contributed by atoms with Crippen LogP contribution >= 0.6 is 0 Å². The van der Waals surface area contributed by atoms with Crippen LogP contribution in [0.2, 0.25) is 0 Å². The van der Waals surface area contributed by atoms with Crippen molar-refractivity contribution in [2.24, 2.45) is 0 Å². The molecule has 88 valence electrons. The molecule has 0 radical (unpaired) electrons. The third-order valence-electron chi connectivity index (χ3n) is 2.76. The van der Waals surface area contributed by atoms with Gasteiger partial charge >= 0.3 is 0 Å². The number of halogens is 1. The van der Waals surface area contributed by atoms with Crippen LogP contribution in [-0.4, -0.2) is 4.98 Å². The van der Waals surface area contributed by atoms with E-state index in [1.54, 1.807) is 12.3 Å². The van der Waals surface area contributed by atoms with Gasteiger partial charge in [0.1, 0.15) is 5.82 Å². The zero-order chi connectivity index (χ0) is 12.3. The molecule has 1 aromatic heterocycles. The Morgan fingerprint density at radius 3 is 2.82 bits per heavy atom. The second-order valence-corrected chi connectivity index (χ2v) is 4.11. The molecule has 1 heterocycles. The molecule has 0 bridgehead atoms. The molecule has 0 saturated heterocycles. The monoisotopic (exact) mass is 230 g/mol. The number of hydrogen-bond donors (Lipinski definition) is 1. The molecule has 1 aromatic carbocycles. The molecule has 2 aromatic rings. The van der Waals surface area contributed by atoms with Crippen molar-refractivity contribution in [3.8, 4) is 0 Å². The number of rotatable bonds is 3. The largest absolute Gasteiger partial charge is 0.378 e. The van der Waals surface area contributed by atoms with Gasteiger partial charge in [0, 0.05) is 18.1 Å². The Labute approximate surface area is 101 Å². The van der Waals surface area contributed by atoms with Gasteiger partial charge in [-0.05, 0) is 43.2 Å². The number of aromatic nitrogens is 1. The zero-order valence-corrected chi connectivity index (χ0v) is 9.94. The van der Waals surface area contributed by atoms with E-state index in [1.807, 2.05) is 32.2 Å². The Hall–Kier alpha value is -1.90. The maximum Gasteiger partial charge on any atom is 0.125 e. The van der Waals surface area contributed by atoms with Gasteiger partial charge in [0.25, 0.3) is 0 Å². The van der Waals surface area contributed by atoms with E-state index >= 15 is 0 Å². The molecular weight excluding hydrogens is 215 g/mol. The molecule has 1 atom stereocenters. The third-order valence-corrected chi connectivity index (χ3v) is 2.76. The molecule has 2 nitrogen and oxygen atoms in total. The minimum atomic E-state index is -0.225. The van der Waals surface area contributed by atoms with Gasteiger partial charge in [-0.2, -0.15) is 0 Å². The van der Waals surface area contributed by atoms with E-state index in [9.17, 15) is 4.39 Å². The minimum absolute atomic E-state index is 0.101. The highest BCUT2D eigenvalue weighted by molar-refractivity contribution is 5.52. The van der Waals surface area contributed by atoms with Gasteiger partial charge in [0.15, 0.2) is 0 Å². The number of benzene rings is 1. The number of hydrogen-bond acceptors (Lipinski definition) is 2. The molecule has 0 aliphatic rings. The molecule has 2 rings (SSSR count). The van der Waals surface area contributed by atoms with Crippen molar-refractivity contribution in [1.29, 1.82) is 0 Å². The van der Waals surface area contributed by atoms with Crippen LogP contribution in [0.5, 0.6) is 0 Å². The molecular formula is C14H15FN2. The van der Waals surface area contributed by atoms with E-state index < -0.39 is 0 Å². The summed E-state index contributed by atoms with van der Waals surface area (Å²) in [5.74, 6) is -0.225. The lowest BCUT2D eigenvalue weighted by molar-refractivity contribution is 0.627. The molecule has 0 amide bonds. The van der Waals surface area contributed by atoms with Crippen LogP contribution < -0.4 is 5.32 Å². The number of pyridine rings is 1. The van der Waals surface area contributed by atoms with Gasteiger partial charge in [0.05, 0.1) is 6.04 Å². The van der Waals surface area contributed by atoms with Crippen LogP contribution in [0.25, 0.3) is 0 Å². The molecule has 0 spiro atoms. The highest BCUT2D eigenvalue weighted by atomic mass is 19.1. The lowest BCUT2D eigenvalue weighted by Crippen LogP contribution is -2.08. The number of aryl methyl sites for hydroxylation is 1. The van der Waals surface area contributed by atoms with Gasteiger partial charge in [-0.3, -0.25) is 4.98 Å². The normalized spacial score (nSPS) is 12.2. The predicted molar refractivity (Wildman–Crippen MR) is 67.4 cm³/mol. The van der Waals surface area contributed by atoms with E-state index in [0.717, 1.165) is 16.8 Å². The quantitative estimate of drug-likeness (QED) is 0.869. The lowest BCUT2D eigenvalue weighted by atomic mass is 10.1. The molecule has 1 unspecified atom stereocenters. The highest BCUT2D eigenvalue weighted by Crippen LogP contribution is 2.22. The Kier molecular flexibility index (Phi) is 3.38. The van der Waals surface area contributed by atoms with Crippen molar-refractivity contribution in [2.75, 3.05) is 5.32 Å². The van der Waals surface area contributed by atoms with Crippen molar-refractivity contribution in [1.82, 2.24) is 4.98 Å². The Balaban J connectivity index is 2.18. The molecule has 0 aliphatic carbocycles. The lowest BCUT2D eigenvalue weighted by Gasteiger charge is -2.17. The first-order chi connectivity index (χ1) is 8.16. The van der Waals surface area contributed by atoms with Crippen LogP contribution in [0.3, 0.4) is 0 Å². The Bertz CT molecular complexity index is 497. The van der Waals surface area contributed by atoms with Gasteiger partial charge in [-0.25, -0.2) is 4.39 Å². The van der Waals surface area contributed by atoms with Crippen molar-refractivity contribution in [3.05, 3.63) is 59.7 Å². The van der Waals surface area contributed by atoms with E-state index in [0.29, 0.717) is 0 Å². The second-order valence-electron chi connectivity index (χ2n) is 4.11. The summed E-state index contributed by atoms with van der Waals surface area (Å²) in [6.07, 6.45) is 3.55. The SMILES string of the molecule is Cc1ccc(F)cc1NC(C)c1cccnc1. The highest BCUT2D eigenvalue weighted by Gasteiger charge is 2.07. The summed E-state index contributed by atoms with van der Waals surface area (Å²) in [4.78, 5) is 4.07. The summed E-state index contributed by atoms with van der Waals surface area (Å²) >= 11 is 0. The van der Waals surface area contributed by atoms with Crippen LogP contribution in [0.15, 0.2) is 42.7 Å². The van der Waals surface area contributed by atoms with E-state index in [2.05, 4.69) is 10.3 Å². The fraction of sp³-hybridized carbons (Fsp3) is 0.214. The fourth-order valence-electron chi connectivity index (χ4n) is 1.70. The van der Waals surface area contributed by atoms with Gasteiger partial charge in [0.2, 0.25) is 0 Å². The van der Waals surface area contributed by atoms with Crippen LogP contribution in [0, 0.1) is 12.7 Å². The topological polar surface area (TPSA) is 24.9 Å². The minimum Gasteiger partial charge on any atom is -0.378 e. The fourth-order valence-corrected chi connectivity index (χ4v) is 1.70. The predicted octanol–water partition coefficient (Wildman–Crippen LogP) is 3.70. The first-order valence-electron chi connectivity index (χ1n) is 5.59. The molecule has 3 heteroatoms. The van der Waals surface area contributed by atoms with E-state index in [1.165, 1.54) is 12.1 Å². The van der Waals surface area contributed by atoms with E-state index in [4.69, 9.17) is 0 Å². The third kappa shape index (κ3) is 2.81. The standard InChI is InChI=1S/C14H15FN2/c1-10-5-6-13(15)8-14(10)17-11(2)12-4-3-7-16-9-12/h3-9,11,17H,1-2H3. The van der Waals surface area contributed by atoms with Crippen LogP contribution in [0.4, 0.5) is 10.1 Å².